The molecule has 0 aliphatic carbocycles. The van der Waals surface area contributed by atoms with E-state index >= 15 is 0 Å². The highest BCUT2D eigenvalue weighted by Crippen LogP contribution is 2.33. The Morgan fingerprint density at radius 1 is 1.50 bits per heavy atom. The molecule has 0 amide bonds. The molecule has 0 bridgehead atoms. The van der Waals surface area contributed by atoms with E-state index in [-0.39, 0.29) is 12.0 Å². The van der Waals surface area contributed by atoms with E-state index in [1.54, 1.807) is 0 Å². The number of benzene rings is 1. The van der Waals surface area contributed by atoms with E-state index in [0.29, 0.717) is 6.61 Å². The van der Waals surface area contributed by atoms with Crippen molar-refractivity contribution in [2.45, 2.75) is 6.04 Å². The van der Waals surface area contributed by atoms with E-state index in [4.69, 9.17) is 16.3 Å². The highest BCUT2D eigenvalue weighted by molar-refractivity contribution is 5.77. The third-order valence-corrected chi connectivity index (χ3v) is 2.12. The lowest BCUT2D eigenvalue weighted by atomic mass is 10.1. The van der Waals surface area contributed by atoms with E-state index in [0.717, 1.165) is 11.3 Å². The molecule has 5 heteroatoms. The molecule has 74 valence electrons. The fourth-order valence-corrected chi connectivity index (χ4v) is 1.46. The van der Waals surface area contributed by atoms with Crippen molar-refractivity contribution < 1.29 is 4.74 Å². The molecule has 0 saturated carbocycles. The number of hydrazine groups is 1. The number of ether oxygens (including phenoxy) is 1. The molecule has 5 nitrogen and oxygen atoms in total. The van der Waals surface area contributed by atoms with E-state index in [9.17, 15) is 0 Å². The molecule has 1 atom stereocenters. The maximum absolute atomic E-state index is 5.47. The van der Waals surface area contributed by atoms with Gasteiger partial charge in [-0.25, -0.2) is 10.8 Å². The lowest BCUT2D eigenvalue weighted by Crippen LogP contribution is -2.37. The smallest absolute Gasteiger partial charge is 0.203 e. The predicted molar refractivity (Wildman–Crippen MR) is 53.6 cm³/mol. The number of rotatable bonds is 1. The number of nitrogens with two attached hydrogens (primary N) is 2. The van der Waals surface area contributed by atoms with Gasteiger partial charge >= 0.3 is 0 Å². The van der Waals surface area contributed by atoms with Gasteiger partial charge in [-0.1, -0.05) is 18.2 Å². The highest BCUT2D eigenvalue weighted by Gasteiger charge is 2.22. The minimum Gasteiger partial charge on any atom is -0.491 e. The Balaban J connectivity index is 2.26. The van der Waals surface area contributed by atoms with Crippen molar-refractivity contribution in [3.63, 3.8) is 0 Å². The number of hydrogen-bond acceptors (Lipinski definition) is 3. The largest absolute Gasteiger partial charge is 0.491 e. The first-order valence-electron chi connectivity index (χ1n) is 4.33. The van der Waals surface area contributed by atoms with Crippen molar-refractivity contribution in [2.24, 2.45) is 16.6 Å². The predicted octanol–water partition coefficient (Wildman–Crippen LogP) is -0.102. The first kappa shape index (κ1) is 8.83. The molecule has 1 aliphatic heterocycles. The Bertz CT molecular complexity index is 364. The van der Waals surface area contributed by atoms with Crippen LogP contribution >= 0.6 is 0 Å². The van der Waals surface area contributed by atoms with Crippen LogP contribution in [0.3, 0.4) is 0 Å². The molecule has 1 unspecified atom stereocenters. The summed E-state index contributed by atoms with van der Waals surface area (Å²) in [5.74, 6) is 6.21. The molecule has 0 spiro atoms. The maximum atomic E-state index is 5.47. The minimum absolute atomic E-state index is 0.0535. The molecular weight excluding hydrogens is 180 g/mol. The summed E-state index contributed by atoms with van der Waals surface area (Å²) in [6.07, 6.45) is 0. The summed E-state index contributed by atoms with van der Waals surface area (Å²) in [5.41, 5.74) is 8.81. The van der Waals surface area contributed by atoms with Crippen LogP contribution in [0.2, 0.25) is 0 Å². The van der Waals surface area contributed by atoms with Crippen LogP contribution in [-0.4, -0.2) is 12.6 Å². The van der Waals surface area contributed by atoms with Crippen LogP contribution in [0.5, 0.6) is 5.75 Å². The number of nitrogens with one attached hydrogen (secondary N) is 1. The van der Waals surface area contributed by atoms with Gasteiger partial charge in [-0.05, 0) is 6.07 Å². The summed E-state index contributed by atoms with van der Waals surface area (Å²) in [5, 5.41) is 0. The maximum Gasteiger partial charge on any atom is 0.203 e. The first-order valence-corrected chi connectivity index (χ1v) is 4.33. The zero-order chi connectivity index (χ0) is 9.97. The van der Waals surface area contributed by atoms with Crippen molar-refractivity contribution in [1.29, 1.82) is 0 Å². The Hall–Kier alpha value is -1.75. The second kappa shape index (κ2) is 3.55. The van der Waals surface area contributed by atoms with Gasteiger partial charge in [0, 0.05) is 5.56 Å². The quantitative estimate of drug-likeness (QED) is 0.251. The lowest BCUT2D eigenvalue weighted by molar-refractivity contribution is 0.333. The molecule has 14 heavy (non-hydrogen) atoms. The van der Waals surface area contributed by atoms with Crippen LogP contribution in [-0.2, 0) is 0 Å². The fourth-order valence-electron chi connectivity index (χ4n) is 1.46. The van der Waals surface area contributed by atoms with Crippen LogP contribution in [0, 0.1) is 0 Å². The van der Waals surface area contributed by atoms with Crippen LogP contribution in [0.15, 0.2) is 29.3 Å². The van der Waals surface area contributed by atoms with E-state index in [1.165, 1.54) is 0 Å². The number of aliphatic imine (C=N–C) groups is 1. The summed E-state index contributed by atoms with van der Waals surface area (Å²) in [4.78, 5) is 4.17. The van der Waals surface area contributed by atoms with Crippen molar-refractivity contribution in [3.05, 3.63) is 29.8 Å². The molecule has 0 saturated heterocycles. The molecule has 0 aromatic heterocycles. The van der Waals surface area contributed by atoms with Gasteiger partial charge in [0.2, 0.25) is 5.96 Å². The van der Waals surface area contributed by atoms with E-state index < -0.39 is 0 Å². The van der Waals surface area contributed by atoms with Gasteiger partial charge < -0.3 is 10.5 Å². The number of fused-ring (bicyclic) bond motifs is 1. The summed E-state index contributed by atoms with van der Waals surface area (Å²) in [6.45, 7) is 0.516. The standard InChI is InChI=1S/C9H12N4O/c10-9(13-11)12-7-5-14-8-4-2-1-3-6(7)8/h1-4,7H,5,11H2,(H3,10,12,13). The Labute approximate surface area is 81.7 Å². The number of hydrogen-bond donors (Lipinski definition) is 3. The number of para-hydroxylation sites is 1. The summed E-state index contributed by atoms with van der Waals surface area (Å²) >= 11 is 0. The third kappa shape index (κ3) is 1.49. The van der Waals surface area contributed by atoms with Crippen LogP contribution in [0.25, 0.3) is 0 Å². The van der Waals surface area contributed by atoms with Gasteiger partial charge in [0.1, 0.15) is 18.4 Å². The molecule has 5 N–H and O–H groups in total. The van der Waals surface area contributed by atoms with Gasteiger partial charge in [-0.2, -0.15) is 0 Å². The minimum atomic E-state index is -0.0535. The second-order valence-electron chi connectivity index (χ2n) is 3.02. The van der Waals surface area contributed by atoms with Crippen LogP contribution < -0.4 is 21.7 Å². The zero-order valence-corrected chi connectivity index (χ0v) is 7.60. The van der Waals surface area contributed by atoms with Gasteiger partial charge in [-0.3, -0.25) is 5.43 Å². The van der Waals surface area contributed by atoms with Gasteiger partial charge in [0.05, 0.1) is 0 Å². The highest BCUT2D eigenvalue weighted by atomic mass is 16.5. The molecule has 1 aromatic carbocycles. The first-order chi connectivity index (χ1) is 6.81. The van der Waals surface area contributed by atoms with Crippen LogP contribution in [0.4, 0.5) is 0 Å². The van der Waals surface area contributed by atoms with Crippen molar-refractivity contribution in [2.75, 3.05) is 6.61 Å². The molecule has 1 aromatic rings. The monoisotopic (exact) mass is 192 g/mol. The van der Waals surface area contributed by atoms with Crippen molar-refractivity contribution in [3.8, 4) is 5.75 Å². The third-order valence-electron chi connectivity index (χ3n) is 2.12. The van der Waals surface area contributed by atoms with Crippen molar-refractivity contribution >= 4 is 5.96 Å². The summed E-state index contributed by atoms with van der Waals surface area (Å²) in [7, 11) is 0. The molecule has 0 radical (unpaired) electrons. The molecule has 0 fully saturated rings. The number of nitrogens with zero attached hydrogens (tertiary/aromatic N) is 1. The Morgan fingerprint density at radius 2 is 2.29 bits per heavy atom. The number of guanidine groups is 1. The molecule has 1 aliphatic rings. The van der Waals surface area contributed by atoms with E-state index in [1.807, 2.05) is 24.3 Å². The topological polar surface area (TPSA) is 85.7 Å². The van der Waals surface area contributed by atoms with Crippen molar-refractivity contribution in [1.82, 2.24) is 5.43 Å². The van der Waals surface area contributed by atoms with Gasteiger partial charge in [-0.15, -0.1) is 0 Å². The normalized spacial score (nSPS) is 20.1. The molecule has 1 heterocycles. The molecule has 2 rings (SSSR count). The van der Waals surface area contributed by atoms with Gasteiger partial charge in [0.15, 0.2) is 0 Å². The average Bonchev–Trinajstić information content (AvgIpc) is 2.62. The lowest BCUT2D eigenvalue weighted by Gasteiger charge is -2.04. The van der Waals surface area contributed by atoms with E-state index in [2.05, 4.69) is 10.4 Å². The second-order valence-corrected chi connectivity index (χ2v) is 3.02. The summed E-state index contributed by atoms with van der Waals surface area (Å²) < 4.78 is 5.43. The van der Waals surface area contributed by atoms with Gasteiger partial charge in [0.25, 0.3) is 0 Å². The average molecular weight is 192 g/mol. The Morgan fingerprint density at radius 3 is 3.07 bits per heavy atom. The SMILES string of the molecule is NNC(N)=NC1COc2ccccc21. The zero-order valence-electron chi connectivity index (χ0n) is 7.60. The van der Waals surface area contributed by atoms with Crippen LogP contribution in [0.1, 0.15) is 11.6 Å². The molecular formula is C9H12N4O. The Kier molecular flexibility index (Phi) is 2.24. The fraction of sp³-hybridized carbons (Fsp3) is 0.222. The summed E-state index contributed by atoms with van der Waals surface area (Å²) in [6, 6.07) is 7.71.